The Morgan fingerprint density at radius 2 is 1.76 bits per heavy atom. The summed E-state index contributed by atoms with van der Waals surface area (Å²) in [4.78, 5) is 2.40. The minimum absolute atomic E-state index is 0.224. The van der Waals surface area contributed by atoms with Crippen molar-refractivity contribution >= 4 is 11.6 Å². The molecule has 1 atom stereocenters. The van der Waals surface area contributed by atoms with Gasteiger partial charge in [-0.25, -0.2) is 0 Å². The molecule has 2 N–H and O–H groups in total. The zero-order chi connectivity index (χ0) is 15.7. The first kappa shape index (κ1) is 18.4. The molecule has 21 heavy (non-hydrogen) atoms. The van der Waals surface area contributed by atoms with Gasteiger partial charge >= 0.3 is 0 Å². The van der Waals surface area contributed by atoms with Gasteiger partial charge in [0.25, 0.3) is 0 Å². The summed E-state index contributed by atoms with van der Waals surface area (Å²) in [5, 5.41) is 13.4. The second-order valence-electron chi connectivity index (χ2n) is 5.41. The van der Waals surface area contributed by atoms with Gasteiger partial charge < -0.3 is 10.4 Å². The topological polar surface area (TPSA) is 35.5 Å². The Morgan fingerprint density at radius 1 is 1.14 bits per heavy atom. The van der Waals surface area contributed by atoms with Gasteiger partial charge in [-0.1, -0.05) is 37.6 Å². The summed E-state index contributed by atoms with van der Waals surface area (Å²) < 4.78 is 0. The Labute approximate surface area is 134 Å². The van der Waals surface area contributed by atoms with Crippen LogP contribution in [0.15, 0.2) is 24.3 Å². The van der Waals surface area contributed by atoms with Crippen LogP contribution in [0.5, 0.6) is 0 Å². The van der Waals surface area contributed by atoms with Crippen molar-refractivity contribution in [3.63, 3.8) is 0 Å². The average Bonchev–Trinajstić information content (AvgIpc) is 2.50. The summed E-state index contributed by atoms with van der Waals surface area (Å²) >= 11 is 5.95. The summed E-state index contributed by atoms with van der Waals surface area (Å²) in [5.74, 6) is 0. The third-order valence-electron chi connectivity index (χ3n) is 4.17. The maximum Gasteiger partial charge on any atom is 0.0558 e. The van der Waals surface area contributed by atoms with E-state index in [1.807, 2.05) is 19.2 Å². The molecule has 0 bridgehead atoms. The molecule has 0 spiro atoms. The van der Waals surface area contributed by atoms with Crippen molar-refractivity contribution in [2.24, 2.45) is 0 Å². The van der Waals surface area contributed by atoms with Crippen LogP contribution in [0.3, 0.4) is 0 Å². The molecular weight excluding hydrogens is 284 g/mol. The minimum atomic E-state index is 0.224. The summed E-state index contributed by atoms with van der Waals surface area (Å²) in [7, 11) is 1.99. The summed E-state index contributed by atoms with van der Waals surface area (Å²) in [6.45, 7) is 6.40. The van der Waals surface area contributed by atoms with Gasteiger partial charge in [0.1, 0.15) is 0 Å². The van der Waals surface area contributed by atoms with Crippen LogP contribution in [-0.2, 0) is 0 Å². The lowest BCUT2D eigenvalue weighted by molar-refractivity contribution is 0.138. The van der Waals surface area contributed by atoms with Crippen molar-refractivity contribution < 1.29 is 5.11 Å². The number of aliphatic hydroxyl groups excluding tert-OH is 1. The third kappa shape index (κ3) is 5.95. The molecule has 1 unspecified atom stereocenters. The zero-order valence-electron chi connectivity index (χ0n) is 13.5. The Balaban J connectivity index is 2.64. The highest BCUT2D eigenvalue weighted by Crippen LogP contribution is 2.20. The van der Waals surface area contributed by atoms with Crippen molar-refractivity contribution in [2.75, 3.05) is 26.7 Å². The van der Waals surface area contributed by atoms with Gasteiger partial charge in [0, 0.05) is 30.2 Å². The molecule has 0 saturated heterocycles. The van der Waals surface area contributed by atoms with Crippen LogP contribution in [0.2, 0.25) is 5.02 Å². The van der Waals surface area contributed by atoms with E-state index in [9.17, 15) is 5.11 Å². The predicted molar refractivity (Wildman–Crippen MR) is 90.9 cm³/mol. The Morgan fingerprint density at radius 3 is 2.24 bits per heavy atom. The Kier molecular flexibility index (Phi) is 8.93. The molecule has 0 fully saturated rings. The molecule has 0 aliphatic rings. The molecule has 0 aromatic heterocycles. The van der Waals surface area contributed by atoms with E-state index >= 15 is 0 Å². The second-order valence-corrected chi connectivity index (χ2v) is 5.85. The first-order valence-corrected chi connectivity index (χ1v) is 8.31. The van der Waals surface area contributed by atoms with Crippen LogP contribution < -0.4 is 5.32 Å². The number of hydrogen-bond donors (Lipinski definition) is 2. The van der Waals surface area contributed by atoms with E-state index in [4.69, 9.17) is 11.6 Å². The molecule has 3 nitrogen and oxygen atoms in total. The standard InChI is InChI=1S/C17H29ClN2O/c1-4-16(5-2)20(12-13-21)11-10-17(19-3)14-6-8-15(18)9-7-14/h6-9,16-17,19,21H,4-5,10-13H2,1-3H3. The summed E-state index contributed by atoms with van der Waals surface area (Å²) in [5.41, 5.74) is 1.26. The van der Waals surface area contributed by atoms with Crippen molar-refractivity contribution in [3.05, 3.63) is 34.9 Å². The van der Waals surface area contributed by atoms with Gasteiger partial charge in [-0.2, -0.15) is 0 Å². The normalized spacial score (nSPS) is 13.1. The quantitative estimate of drug-likeness (QED) is 0.694. The molecule has 0 heterocycles. The van der Waals surface area contributed by atoms with Gasteiger partial charge in [0.05, 0.1) is 6.61 Å². The van der Waals surface area contributed by atoms with E-state index in [1.165, 1.54) is 5.56 Å². The highest BCUT2D eigenvalue weighted by atomic mass is 35.5. The van der Waals surface area contributed by atoms with Crippen molar-refractivity contribution in [1.82, 2.24) is 10.2 Å². The van der Waals surface area contributed by atoms with Crippen LogP contribution >= 0.6 is 11.6 Å². The van der Waals surface area contributed by atoms with Crippen LogP contribution in [0, 0.1) is 0 Å². The Bertz CT molecular complexity index is 379. The first-order chi connectivity index (χ1) is 10.2. The molecule has 0 amide bonds. The maximum atomic E-state index is 9.27. The molecule has 1 aromatic rings. The molecule has 0 radical (unpaired) electrons. The number of nitrogens with zero attached hydrogens (tertiary/aromatic N) is 1. The van der Waals surface area contributed by atoms with E-state index in [2.05, 4.69) is 36.2 Å². The van der Waals surface area contributed by atoms with Crippen molar-refractivity contribution in [3.8, 4) is 0 Å². The number of nitrogens with one attached hydrogen (secondary N) is 1. The summed E-state index contributed by atoms with van der Waals surface area (Å²) in [6, 6.07) is 8.91. The lowest BCUT2D eigenvalue weighted by Crippen LogP contribution is -2.38. The fourth-order valence-corrected chi connectivity index (χ4v) is 3.00. The SMILES string of the molecule is CCC(CC)N(CCO)CCC(NC)c1ccc(Cl)cc1. The molecule has 1 aromatic carbocycles. The summed E-state index contributed by atoms with van der Waals surface area (Å²) in [6.07, 6.45) is 3.28. The van der Waals surface area contributed by atoms with Crippen LogP contribution in [0.4, 0.5) is 0 Å². The molecule has 0 aliphatic carbocycles. The van der Waals surface area contributed by atoms with Crippen LogP contribution in [0.1, 0.15) is 44.7 Å². The molecule has 1 rings (SSSR count). The molecule has 120 valence electrons. The predicted octanol–water partition coefficient (Wildman–Crippen LogP) is 3.47. The highest BCUT2D eigenvalue weighted by molar-refractivity contribution is 6.30. The van der Waals surface area contributed by atoms with Gasteiger partial charge in [0.15, 0.2) is 0 Å². The molecule has 0 saturated carbocycles. The first-order valence-electron chi connectivity index (χ1n) is 7.93. The molecule has 0 aliphatic heterocycles. The molecular formula is C17H29ClN2O. The van der Waals surface area contributed by atoms with Crippen LogP contribution in [-0.4, -0.2) is 42.8 Å². The highest BCUT2D eigenvalue weighted by Gasteiger charge is 2.17. The fraction of sp³-hybridized carbons (Fsp3) is 0.647. The monoisotopic (exact) mass is 312 g/mol. The van der Waals surface area contributed by atoms with Gasteiger partial charge in [0.2, 0.25) is 0 Å². The van der Waals surface area contributed by atoms with E-state index in [1.54, 1.807) is 0 Å². The number of benzene rings is 1. The van der Waals surface area contributed by atoms with Gasteiger partial charge in [-0.05, 0) is 44.0 Å². The van der Waals surface area contributed by atoms with Crippen molar-refractivity contribution in [1.29, 1.82) is 0 Å². The molecule has 4 heteroatoms. The maximum absolute atomic E-state index is 9.27. The van der Waals surface area contributed by atoms with E-state index < -0.39 is 0 Å². The zero-order valence-corrected chi connectivity index (χ0v) is 14.2. The average molecular weight is 313 g/mol. The number of rotatable bonds is 10. The Hall–Kier alpha value is -0.610. The van der Waals surface area contributed by atoms with Crippen LogP contribution in [0.25, 0.3) is 0 Å². The lowest BCUT2D eigenvalue weighted by atomic mass is 10.0. The fourth-order valence-electron chi connectivity index (χ4n) is 2.88. The largest absolute Gasteiger partial charge is 0.395 e. The van der Waals surface area contributed by atoms with E-state index in [0.29, 0.717) is 12.1 Å². The number of halogens is 1. The van der Waals surface area contributed by atoms with E-state index in [0.717, 1.165) is 37.4 Å². The van der Waals surface area contributed by atoms with E-state index in [-0.39, 0.29) is 6.61 Å². The lowest BCUT2D eigenvalue weighted by Gasteiger charge is -2.31. The third-order valence-corrected chi connectivity index (χ3v) is 4.42. The second kappa shape index (κ2) is 10.2. The smallest absolute Gasteiger partial charge is 0.0558 e. The van der Waals surface area contributed by atoms with Crippen molar-refractivity contribution in [2.45, 2.75) is 45.2 Å². The minimum Gasteiger partial charge on any atom is -0.395 e. The van der Waals surface area contributed by atoms with Gasteiger partial charge in [-0.3, -0.25) is 4.90 Å². The number of hydrogen-bond acceptors (Lipinski definition) is 3. The number of aliphatic hydroxyl groups is 1. The van der Waals surface area contributed by atoms with Gasteiger partial charge in [-0.15, -0.1) is 0 Å².